The van der Waals surface area contributed by atoms with Crippen molar-refractivity contribution in [2.24, 2.45) is 0 Å². The van der Waals surface area contributed by atoms with Crippen molar-refractivity contribution in [2.45, 2.75) is 13.3 Å². The molecule has 0 N–H and O–H groups in total. The van der Waals surface area contributed by atoms with E-state index in [1.807, 2.05) is 0 Å². The zero-order valence-electron chi connectivity index (χ0n) is 12.9. The van der Waals surface area contributed by atoms with Gasteiger partial charge in [0.25, 0.3) is 12.1 Å². The number of benzene rings is 2. The van der Waals surface area contributed by atoms with Gasteiger partial charge in [-0.1, -0.05) is 6.07 Å². The predicted octanol–water partition coefficient (Wildman–Crippen LogP) is 5.32. The molecule has 0 aliphatic carbocycles. The Morgan fingerprint density at radius 2 is 1.92 bits per heavy atom. The van der Waals surface area contributed by atoms with Gasteiger partial charge in [-0.2, -0.15) is 0 Å². The topological polar surface area (TPSA) is 65.3 Å². The highest BCUT2D eigenvalue weighted by Crippen LogP contribution is 2.35. The van der Waals surface area contributed by atoms with Gasteiger partial charge in [0, 0.05) is 23.6 Å². The molecule has 8 heteroatoms. The van der Waals surface area contributed by atoms with Crippen molar-refractivity contribution in [1.29, 1.82) is 0 Å². The summed E-state index contributed by atoms with van der Waals surface area (Å²) >= 11 is 0. The minimum absolute atomic E-state index is 0.00301. The molecule has 0 bridgehead atoms. The summed E-state index contributed by atoms with van der Waals surface area (Å²) in [4.78, 5) is 13.9. The lowest BCUT2D eigenvalue weighted by molar-refractivity contribution is -0.384. The Hall–Kier alpha value is -3.16. The van der Waals surface area contributed by atoms with Crippen LogP contribution in [-0.4, -0.2) is 9.91 Å². The average molecular weight is 348 g/mol. The molecule has 128 valence electrons. The van der Waals surface area contributed by atoms with Crippen molar-refractivity contribution in [2.75, 3.05) is 0 Å². The molecule has 0 unspecified atom stereocenters. The smallest absolute Gasteiger partial charge is 0.280 e. The number of nitro benzene ring substituents is 1. The van der Waals surface area contributed by atoms with Gasteiger partial charge in [-0.25, -0.2) is 18.2 Å². The molecule has 0 spiro atoms. The molecule has 0 atom stereocenters. The van der Waals surface area contributed by atoms with E-state index in [0.29, 0.717) is 5.56 Å². The number of aryl methyl sites for hydroxylation is 1. The quantitative estimate of drug-likeness (QED) is 0.473. The van der Waals surface area contributed by atoms with E-state index < -0.39 is 22.9 Å². The molecule has 1 aromatic heterocycles. The van der Waals surface area contributed by atoms with Gasteiger partial charge in [-0.15, -0.1) is 0 Å². The fourth-order valence-corrected chi connectivity index (χ4v) is 2.38. The van der Waals surface area contributed by atoms with Crippen LogP contribution in [0.4, 0.5) is 18.9 Å². The van der Waals surface area contributed by atoms with E-state index in [1.54, 1.807) is 6.92 Å². The molecule has 2 aromatic carbocycles. The second-order valence-electron chi connectivity index (χ2n) is 5.29. The highest BCUT2D eigenvalue weighted by atomic mass is 19.3. The lowest BCUT2D eigenvalue weighted by Gasteiger charge is -2.13. The molecule has 0 radical (unpaired) electrons. The fourth-order valence-electron chi connectivity index (χ4n) is 2.38. The summed E-state index contributed by atoms with van der Waals surface area (Å²) < 4.78 is 45.7. The third kappa shape index (κ3) is 3.23. The minimum atomic E-state index is -2.90. The number of pyridine rings is 1. The fraction of sp³-hybridized carbons (Fsp3) is 0.118. The summed E-state index contributed by atoms with van der Waals surface area (Å²) in [7, 11) is 0. The lowest BCUT2D eigenvalue weighted by Crippen LogP contribution is -1.97. The maximum absolute atomic E-state index is 13.9. The molecule has 0 aliphatic rings. The summed E-state index contributed by atoms with van der Waals surface area (Å²) in [5.41, 5.74) is -0.528. The van der Waals surface area contributed by atoms with Gasteiger partial charge < -0.3 is 4.74 Å². The van der Waals surface area contributed by atoms with Crippen molar-refractivity contribution in [3.05, 3.63) is 69.7 Å². The SMILES string of the molecule is Cc1cc([N+](=O)[O-])ccc1Oc1cc(C(F)F)nc2c(F)cccc12. The molecule has 1 heterocycles. The largest absolute Gasteiger partial charge is 0.456 e. The highest BCUT2D eigenvalue weighted by Gasteiger charge is 2.18. The zero-order chi connectivity index (χ0) is 18.1. The number of halogens is 3. The number of para-hydroxylation sites is 1. The van der Waals surface area contributed by atoms with Crippen LogP contribution in [0.15, 0.2) is 42.5 Å². The van der Waals surface area contributed by atoms with E-state index in [1.165, 1.54) is 30.3 Å². The third-order valence-corrected chi connectivity index (χ3v) is 3.58. The van der Waals surface area contributed by atoms with Crippen molar-refractivity contribution >= 4 is 16.6 Å². The number of aromatic nitrogens is 1. The molecular formula is C17H11F3N2O3. The number of nitrogens with zero attached hydrogens (tertiary/aromatic N) is 2. The number of hydrogen-bond acceptors (Lipinski definition) is 4. The Morgan fingerprint density at radius 3 is 2.56 bits per heavy atom. The first kappa shape index (κ1) is 16.7. The molecule has 0 saturated carbocycles. The first-order valence-corrected chi connectivity index (χ1v) is 7.17. The van der Waals surface area contributed by atoms with Crippen LogP contribution < -0.4 is 4.74 Å². The summed E-state index contributed by atoms with van der Waals surface area (Å²) in [6.07, 6.45) is -2.90. The molecule has 3 aromatic rings. The van der Waals surface area contributed by atoms with Gasteiger partial charge in [0.2, 0.25) is 0 Å². The maximum Gasteiger partial charge on any atom is 0.280 e. The number of alkyl halides is 2. The van der Waals surface area contributed by atoms with Crippen LogP contribution in [-0.2, 0) is 0 Å². The summed E-state index contributed by atoms with van der Waals surface area (Å²) in [6, 6.07) is 8.96. The molecule has 5 nitrogen and oxygen atoms in total. The first-order valence-electron chi connectivity index (χ1n) is 7.17. The normalized spacial score (nSPS) is 11.1. The van der Waals surface area contributed by atoms with Crippen LogP contribution in [0, 0.1) is 22.9 Å². The molecule has 0 amide bonds. The number of ether oxygens (including phenoxy) is 1. The van der Waals surface area contributed by atoms with Crippen LogP contribution in [0.2, 0.25) is 0 Å². The van der Waals surface area contributed by atoms with Crippen molar-refractivity contribution in [3.63, 3.8) is 0 Å². The Morgan fingerprint density at radius 1 is 1.16 bits per heavy atom. The molecular weight excluding hydrogens is 337 g/mol. The zero-order valence-corrected chi connectivity index (χ0v) is 12.9. The first-order chi connectivity index (χ1) is 11.9. The monoisotopic (exact) mass is 348 g/mol. The second kappa shape index (κ2) is 6.39. The van der Waals surface area contributed by atoms with Gasteiger partial charge in [0.1, 0.15) is 28.5 Å². The van der Waals surface area contributed by atoms with Crippen molar-refractivity contribution < 1.29 is 22.8 Å². The molecule has 0 saturated heterocycles. The Kier molecular flexibility index (Phi) is 4.26. The van der Waals surface area contributed by atoms with Gasteiger partial charge in [0.05, 0.1) is 4.92 Å². The van der Waals surface area contributed by atoms with E-state index in [-0.39, 0.29) is 28.1 Å². The molecule has 0 fully saturated rings. The number of nitro groups is 1. The van der Waals surface area contributed by atoms with E-state index >= 15 is 0 Å². The molecule has 3 rings (SSSR count). The maximum atomic E-state index is 13.9. The van der Waals surface area contributed by atoms with Gasteiger partial charge >= 0.3 is 0 Å². The van der Waals surface area contributed by atoms with Crippen LogP contribution in [0.25, 0.3) is 10.9 Å². The number of non-ortho nitro benzene ring substituents is 1. The summed E-state index contributed by atoms with van der Waals surface area (Å²) in [6.45, 7) is 1.58. The molecule has 0 aliphatic heterocycles. The van der Waals surface area contributed by atoms with Gasteiger partial charge in [-0.05, 0) is 30.7 Å². The van der Waals surface area contributed by atoms with E-state index in [0.717, 1.165) is 12.1 Å². The van der Waals surface area contributed by atoms with Crippen molar-refractivity contribution in [1.82, 2.24) is 4.98 Å². The van der Waals surface area contributed by atoms with Gasteiger partial charge in [-0.3, -0.25) is 10.1 Å². The average Bonchev–Trinajstić information content (AvgIpc) is 2.57. The Balaban J connectivity index is 2.12. The standard InChI is InChI=1S/C17H11F3N2O3/c1-9-7-10(22(23)24)5-6-14(9)25-15-8-13(17(19)20)21-16-11(15)3-2-4-12(16)18/h2-8,17H,1H3. The lowest BCUT2D eigenvalue weighted by atomic mass is 10.1. The molecule has 25 heavy (non-hydrogen) atoms. The number of hydrogen-bond donors (Lipinski definition) is 0. The minimum Gasteiger partial charge on any atom is -0.456 e. The second-order valence-corrected chi connectivity index (χ2v) is 5.29. The highest BCUT2D eigenvalue weighted by molar-refractivity contribution is 5.86. The van der Waals surface area contributed by atoms with Gasteiger partial charge in [0.15, 0.2) is 0 Å². The van der Waals surface area contributed by atoms with Crippen LogP contribution in [0.3, 0.4) is 0 Å². The van der Waals surface area contributed by atoms with Crippen LogP contribution in [0.1, 0.15) is 17.7 Å². The summed E-state index contributed by atoms with van der Waals surface area (Å²) in [5, 5.41) is 11.0. The van der Waals surface area contributed by atoms with E-state index in [2.05, 4.69) is 4.98 Å². The van der Waals surface area contributed by atoms with Crippen LogP contribution in [0.5, 0.6) is 11.5 Å². The van der Waals surface area contributed by atoms with Crippen LogP contribution >= 0.6 is 0 Å². The van der Waals surface area contributed by atoms with E-state index in [9.17, 15) is 23.3 Å². The number of fused-ring (bicyclic) bond motifs is 1. The third-order valence-electron chi connectivity index (χ3n) is 3.58. The summed E-state index contributed by atoms with van der Waals surface area (Å²) in [5.74, 6) is -0.510. The van der Waals surface area contributed by atoms with E-state index in [4.69, 9.17) is 4.74 Å². The van der Waals surface area contributed by atoms with Crippen molar-refractivity contribution in [3.8, 4) is 11.5 Å². The number of rotatable bonds is 4. The Bertz CT molecular complexity index is 977. The predicted molar refractivity (Wildman–Crippen MR) is 84.6 cm³/mol. The Labute approximate surface area is 139 Å².